The Balaban J connectivity index is 1.44. The Hall–Kier alpha value is -2.59. The molecule has 27 heavy (non-hydrogen) atoms. The second-order valence-electron chi connectivity index (χ2n) is 7.29. The predicted octanol–water partition coefficient (Wildman–Crippen LogP) is 5.21. The number of hydrogen-bond acceptors (Lipinski definition) is 4. The average Bonchev–Trinajstić information content (AvgIpc) is 3.27. The topological polar surface area (TPSA) is 38.5 Å². The third kappa shape index (κ3) is 4.06. The third-order valence-electron chi connectivity index (χ3n) is 5.32. The van der Waals surface area contributed by atoms with Crippen molar-refractivity contribution in [3.63, 3.8) is 0 Å². The summed E-state index contributed by atoms with van der Waals surface area (Å²) in [7, 11) is 0. The van der Waals surface area contributed by atoms with Crippen molar-refractivity contribution in [3.05, 3.63) is 82.7 Å². The van der Waals surface area contributed by atoms with Crippen molar-refractivity contribution in [1.29, 1.82) is 0 Å². The number of ether oxygens (including phenoxy) is 1. The van der Waals surface area contributed by atoms with Crippen molar-refractivity contribution >= 4 is 0 Å². The number of nitrogens with zero attached hydrogens (tertiary/aromatic N) is 2. The smallest absolute Gasteiger partial charge is 0.138 e. The molecule has 2 aromatic carbocycles. The summed E-state index contributed by atoms with van der Waals surface area (Å²) in [6.07, 6.45) is 2.37. The minimum absolute atomic E-state index is 0.394. The van der Waals surface area contributed by atoms with Gasteiger partial charge in [-0.2, -0.15) is 0 Å². The van der Waals surface area contributed by atoms with Gasteiger partial charge in [-0.05, 0) is 56.5 Å². The maximum atomic E-state index is 5.99. The van der Waals surface area contributed by atoms with Crippen molar-refractivity contribution in [2.24, 2.45) is 0 Å². The molecule has 1 aromatic heterocycles. The van der Waals surface area contributed by atoms with Gasteiger partial charge < -0.3 is 9.26 Å². The molecule has 0 radical (unpaired) electrons. The summed E-state index contributed by atoms with van der Waals surface area (Å²) in [5.74, 6) is 1.87. The fourth-order valence-electron chi connectivity index (χ4n) is 4.02. The summed E-state index contributed by atoms with van der Waals surface area (Å²) in [6, 6.07) is 19.1. The van der Waals surface area contributed by atoms with E-state index in [0.29, 0.717) is 12.6 Å². The third-order valence-corrected chi connectivity index (χ3v) is 5.32. The molecule has 4 rings (SSSR count). The lowest BCUT2D eigenvalue weighted by Crippen LogP contribution is -2.23. The van der Waals surface area contributed by atoms with Crippen LogP contribution in [0, 0.1) is 13.8 Å². The summed E-state index contributed by atoms with van der Waals surface area (Å²) in [5, 5.41) is 4.15. The average molecular weight is 362 g/mol. The van der Waals surface area contributed by atoms with Crippen LogP contribution in [0.2, 0.25) is 0 Å². The van der Waals surface area contributed by atoms with E-state index in [1.807, 2.05) is 38.1 Å². The molecule has 0 bridgehead atoms. The minimum Gasteiger partial charge on any atom is -0.489 e. The Morgan fingerprint density at radius 2 is 1.89 bits per heavy atom. The highest BCUT2D eigenvalue weighted by Crippen LogP contribution is 2.36. The van der Waals surface area contributed by atoms with Gasteiger partial charge in [0.15, 0.2) is 0 Å². The van der Waals surface area contributed by atoms with Crippen LogP contribution in [0.3, 0.4) is 0 Å². The van der Waals surface area contributed by atoms with Crippen LogP contribution in [0.1, 0.15) is 47.0 Å². The lowest BCUT2D eigenvalue weighted by molar-refractivity contribution is 0.244. The van der Waals surface area contributed by atoms with E-state index in [2.05, 4.69) is 40.4 Å². The van der Waals surface area contributed by atoms with Crippen LogP contribution in [-0.4, -0.2) is 16.6 Å². The van der Waals surface area contributed by atoms with Gasteiger partial charge in [0.1, 0.15) is 18.1 Å². The van der Waals surface area contributed by atoms with Crippen LogP contribution < -0.4 is 4.74 Å². The largest absolute Gasteiger partial charge is 0.489 e. The fraction of sp³-hybridized carbons (Fsp3) is 0.348. The summed E-state index contributed by atoms with van der Waals surface area (Å²) >= 11 is 0. The lowest BCUT2D eigenvalue weighted by atomic mass is 10.0. The van der Waals surface area contributed by atoms with E-state index in [-0.39, 0.29) is 0 Å². The summed E-state index contributed by atoms with van der Waals surface area (Å²) in [6.45, 7) is 6.67. The predicted molar refractivity (Wildman–Crippen MR) is 106 cm³/mol. The molecule has 4 heteroatoms. The monoisotopic (exact) mass is 362 g/mol. The summed E-state index contributed by atoms with van der Waals surface area (Å²) in [5.41, 5.74) is 4.74. The second kappa shape index (κ2) is 7.97. The molecule has 1 aliphatic rings. The molecule has 2 heterocycles. The Morgan fingerprint density at radius 3 is 2.67 bits per heavy atom. The van der Waals surface area contributed by atoms with E-state index in [9.17, 15) is 0 Å². The SMILES string of the molecule is Cc1noc(C)c1[C@H]1CCCN1Cc1cccc(OCc2ccccc2)c1. The van der Waals surface area contributed by atoms with E-state index in [1.165, 1.54) is 23.1 Å². The summed E-state index contributed by atoms with van der Waals surface area (Å²) in [4.78, 5) is 2.53. The molecule has 0 amide bonds. The van der Waals surface area contributed by atoms with Gasteiger partial charge in [0.25, 0.3) is 0 Å². The zero-order valence-electron chi connectivity index (χ0n) is 16.0. The van der Waals surface area contributed by atoms with Crippen molar-refractivity contribution in [2.75, 3.05) is 6.54 Å². The molecular formula is C23H26N2O2. The van der Waals surface area contributed by atoms with Crippen LogP contribution in [0.15, 0.2) is 59.1 Å². The number of benzene rings is 2. The Labute approximate surface area is 160 Å². The first-order chi connectivity index (χ1) is 13.2. The van der Waals surface area contributed by atoms with Gasteiger partial charge in [0.05, 0.1) is 5.69 Å². The molecule has 0 aliphatic carbocycles. The number of aryl methyl sites for hydroxylation is 2. The number of likely N-dealkylation sites (tertiary alicyclic amines) is 1. The van der Waals surface area contributed by atoms with E-state index in [0.717, 1.165) is 36.7 Å². The second-order valence-corrected chi connectivity index (χ2v) is 7.29. The molecule has 0 spiro atoms. The molecule has 4 nitrogen and oxygen atoms in total. The summed E-state index contributed by atoms with van der Waals surface area (Å²) < 4.78 is 11.4. The quantitative estimate of drug-likeness (QED) is 0.603. The number of rotatable bonds is 6. The van der Waals surface area contributed by atoms with Gasteiger partial charge in [-0.1, -0.05) is 47.6 Å². The number of aromatic nitrogens is 1. The highest BCUT2D eigenvalue weighted by atomic mass is 16.5. The molecule has 1 fully saturated rings. The normalized spacial score (nSPS) is 17.3. The Kier molecular flexibility index (Phi) is 5.26. The molecular weight excluding hydrogens is 336 g/mol. The van der Waals surface area contributed by atoms with Crippen molar-refractivity contribution in [3.8, 4) is 5.75 Å². The minimum atomic E-state index is 0.394. The van der Waals surface area contributed by atoms with Crippen LogP contribution in [0.4, 0.5) is 0 Å². The maximum Gasteiger partial charge on any atom is 0.138 e. The Bertz CT molecular complexity index is 869. The molecule has 1 atom stereocenters. The van der Waals surface area contributed by atoms with Crippen molar-refractivity contribution in [2.45, 2.75) is 45.9 Å². The number of hydrogen-bond donors (Lipinski definition) is 0. The van der Waals surface area contributed by atoms with E-state index >= 15 is 0 Å². The van der Waals surface area contributed by atoms with Crippen LogP contribution in [0.5, 0.6) is 5.75 Å². The van der Waals surface area contributed by atoms with Gasteiger partial charge in [0.2, 0.25) is 0 Å². The molecule has 140 valence electrons. The molecule has 0 unspecified atom stereocenters. The molecule has 0 N–H and O–H groups in total. The van der Waals surface area contributed by atoms with Crippen LogP contribution in [-0.2, 0) is 13.2 Å². The maximum absolute atomic E-state index is 5.99. The first kappa shape index (κ1) is 17.8. The van der Waals surface area contributed by atoms with E-state index < -0.39 is 0 Å². The highest BCUT2D eigenvalue weighted by Gasteiger charge is 2.30. The van der Waals surface area contributed by atoms with Gasteiger partial charge >= 0.3 is 0 Å². The molecule has 1 saturated heterocycles. The van der Waals surface area contributed by atoms with Crippen LogP contribution >= 0.6 is 0 Å². The van der Waals surface area contributed by atoms with Gasteiger partial charge in [-0.15, -0.1) is 0 Å². The highest BCUT2D eigenvalue weighted by molar-refractivity contribution is 5.30. The van der Waals surface area contributed by atoms with Crippen molar-refractivity contribution in [1.82, 2.24) is 10.1 Å². The van der Waals surface area contributed by atoms with Crippen LogP contribution in [0.25, 0.3) is 0 Å². The lowest BCUT2D eigenvalue weighted by Gasteiger charge is -2.24. The molecule has 3 aromatic rings. The molecule has 1 aliphatic heterocycles. The van der Waals surface area contributed by atoms with Gasteiger partial charge in [0, 0.05) is 18.2 Å². The standard InChI is InChI=1S/C23H26N2O2/c1-17-23(18(2)27-24-17)22-12-7-13-25(22)15-20-10-6-11-21(14-20)26-16-19-8-4-3-5-9-19/h3-6,8-11,14,22H,7,12-13,15-16H2,1-2H3/t22-/m1/s1. The van der Waals surface area contributed by atoms with E-state index in [4.69, 9.17) is 9.26 Å². The zero-order chi connectivity index (χ0) is 18.6. The first-order valence-corrected chi connectivity index (χ1v) is 9.63. The first-order valence-electron chi connectivity index (χ1n) is 9.63. The van der Waals surface area contributed by atoms with Gasteiger partial charge in [-0.25, -0.2) is 0 Å². The van der Waals surface area contributed by atoms with Crippen molar-refractivity contribution < 1.29 is 9.26 Å². The zero-order valence-corrected chi connectivity index (χ0v) is 16.0. The van der Waals surface area contributed by atoms with E-state index in [1.54, 1.807) is 0 Å². The molecule has 0 saturated carbocycles. The van der Waals surface area contributed by atoms with Gasteiger partial charge in [-0.3, -0.25) is 4.90 Å². The fourth-order valence-corrected chi connectivity index (χ4v) is 4.02. The Morgan fingerprint density at radius 1 is 1.07 bits per heavy atom.